The quantitative estimate of drug-likeness (QED) is 0.503. The van der Waals surface area contributed by atoms with Gasteiger partial charge in [0.25, 0.3) is 0 Å². The third-order valence-electron chi connectivity index (χ3n) is 6.07. The molecule has 0 saturated carbocycles. The molecular weight excluding hydrogens is 475 g/mol. The molecule has 0 aliphatic carbocycles. The third-order valence-corrected chi connectivity index (χ3v) is 6.60. The van der Waals surface area contributed by atoms with Crippen LogP contribution in [0.3, 0.4) is 0 Å². The Kier molecular flexibility index (Phi) is 6.64. The SMILES string of the molecule is CC[C@@H](C(C)C)n1ncn(-c2ncc(N3CCN(c4ccc(Br)cc4)CC3)cc2F)c1=O. The van der Waals surface area contributed by atoms with Gasteiger partial charge in [0.05, 0.1) is 17.9 Å². The fourth-order valence-electron chi connectivity index (χ4n) is 4.26. The highest BCUT2D eigenvalue weighted by Crippen LogP contribution is 2.24. The summed E-state index contributed by atoms with van der Waals surface area (Å²) in [5.41, 5.74) is 1.53. The van der Waals surface area contributed by atoms with Crippen LogP contribution in [-0.2, 0) is 0 Å². The number of nitrogens with zero attached hydrogens (tertiary/aromatic N) is 6. The van der Waals surface area contributed by atoms with Gasteiger partial charge in [0.2, 0.25) is 0 Å². The largest absolute Gasteiger partial charge is 0.368 e. The summed E-state index contributed by atoms with van der Waals surface area (Å²) in [6.07, 6.45) is 3.77. The normalized spacial score (nSPS) is 15.4. The number of hydrogen-bond acceptors (Lipinski definition) is 5. The second kappa shape index (κ2) is 9.44. The number of hydrogen-bond donors (Lipinski definition) is 0. The molecule has 0 amide bonds. The van der Waals surface area contributed by atoms with Gasteiger partial charge in [-0.1, -0.05) is 36.7 Å². The van der Waals surface area contributed by atoms with E-state index in [9.17, 15) is 4.79 Å². The van der Waals surface area contributed by atoms with Crippen LogP contribution in [0.25, 0.3) is 5.82 Å². The smallest absolute Gasteiger partial charge is 0.351 e. The Balaban J connectivity index is 1.49. The first kappa shape index (κ1) is 22.5. The number of anilines is 2. The van der Waals surface area contributed by atoms with Crippen molar-refractivity contribution >= 4 is 27.3 Å². The number of aromatic nitrogens is 4. The van der Waals surface area contributed by atoms with E-state index in [0.717, 1.165) is 42.8 Å². The molecule has 0 spiro atoms. The molecule has 170 valence electrons. The lowest BCUT2D eigenvalue weighted by atomic mass is 10.0. The summed E-state index contributed by atoms with van der Waals surface area (Å²) < 4.78 is 18.7. The molecule has 9 heteroatoms. The van der Waals surface area contributed by atoms with Crippen LogP contribution in [0, 0.1) is 11.7 Å². The van der Waals surface area contributed by atoms with Crippen molar-refractivity contribution in [1.82, 2.24) is 19.3 Å². The van der Waals surface area contributed by atoms with E-state index in [1.165, 1.54) is 27.3 Å². The van der Waals surface area contributed by atoms with E-state index in [2.05, 4.69) is 47.9 Å². The molecular formula is C23H28BrFN6O. The average molecular weight is 503 g/mol. The molecule has 0 bridgehead atoms. The lowest BCUT2D eigenvalue weighted by Gasteiger charge is -2.37. The van der Waals surface area contributed by atoms with Crippen molar-refractivity contribution in [2.24, 2.45) is 5.92 Å². The van der Waals surface area contributed by atoms with Crippen LogP contribution < -0.4 is 15.5 Å². The summed E-state index contributed by atoms with van der Waals surface area (Å²) in [4.78, 5) is 21.6. The molecule has 1 saturated heterocycles. The van der Waals surface area contributed by atoms with Gasteiger partial charge in [-0.05, 0) is 36.6 Å². The first-order valence-electron chi connectivity index (χ1n) is 11.0. The highest BCUT2D eigenvalue weighted by molar-refractivity contribution is 9.10. The lowest BCUT2D eigenvalue weighted by Crippen LogP contribution is -2.46. The van der Waals surface area contributed by atoms with Gasteiger partial charge >= 0.3 is 5.69 Å². The third kappa shape index (κ3) is 4.44. The molecule has 0 unspecified atom stereocenters. The van der Waals surface area contributed by atoms with Crippen molar-refractivity contribution in [2.45, 2.75) is 33.2 Å². The number of piperazine rings is 1. The summed E-state index contributed by atoms with van der Waals surface area (Å²) in [6.45, 7) is 9.31. The van der Waals surface area contributed by atoms with Gasteiger partial charge in [-0.25, -0.2) is 23.4 Å². The molecule has 3 aromatic rings. The molecule has 32 heavy (non-hydrogen) atoms. The minimum atomic E-state index is -0.530. The fourth-order valence-corrected chi connectivity index (χ4v) is 4.53. The summed E-state index contributed by atoms with van der Waals surface area (Å²) in [5.74, 6) is -0.300. The number of rotatable bonds is 6. The standard InChI is InChI=1S/C23H28BrFN6O/c1-4-21(16(2)3)31-23(32)30(15-27-31)22-20(25)13-19(14-26-22)29-11-9-28(10-12-29)18-7-5-17(24)6-8-18/h5-8,13-16,21H,4,9-12H2,1-3H3/t21-/m0/s1. The number of benzene rings is 1. The van der Waals surface area contributed by atoms with Crippen molar-refractivity contribution in [2.75, 3.05) is 36.0 Å². The van der Waals surface area contributed by atoms with Gasteiger partial charge in [0, 0.05) is 42.4 Å². The predicted octanol–water partition coefficient (Wildman–Crippen LogP) is 4.26. The van der Waals surface area contributed by atoms with Crippen LogP contribution in [0.4, 0.5) is 15.8 Å². The van der Waals surface area contributed by atoms with E-state index < -0.39 is 5.82 Å². The van der Waals surface area contributed by atoms with Gasteiger partial charge in [-0.3, -0.25) is 0 Å². The summed E-state index contributed by atoms with van der Waals surface area (Å²) >= 11 is 3.47. The molecule has 1 aliphatic heterocycles. The van der Waals surface area contributed by atoms with Gasteiger partial charge in [-0.2, -0.15) is 5.10 Å². The molecule has 0 radical (unpaired) electrons. The predicted molar refractivity (Wildman–Crippen MR) is 128 cm³/mol. The summed E-state index contributed by atoms with van der Waals surface area (Å²) in [5, 5.41) is 4.22. The van der Waals surface area contributed by atoms with Crippen LogP contribution in [0.2, 0.25) is 0 Å². The van der Waals surface area contributed by atoms with Gasteiger partial charge in [0.1, 0.15) is 6.33 Å². The summed E-state index contributed by atoms with van der Waals surface area (Å²) in [7, 11) is 0. The zero-order valence-corrected chi connectivity index (χ0v) is 20.2. The van der Waals surface area contributed by atoms with Gasteiger partial charge < -0.3 is 9.80 Å². The fraction of sp³-hybridized carbons (Fsp3) is 0.435. The molecule has 1 atom stereocenters. The van der Waals surface area contributed by atoms with E-state index in [4.69, 9.17) is 0 Å². The minimum Gasteiger partial charge on any atom is -0.368 e. The van der Waals surface area contributed by atoms with Crippen molar-refractivity contribution < 1.29 is 4.39 Å². The monoisotopic (exact) mass is 502 g/mol. The van der Waals surface area contributed by atoms with E-state index in [0.29, 0.717) is 0 Å². The first-order chi connectivity index (χ1) is 15.4. The second-order valence-electron chi connectivity index (χ2n) is 8.40. The van der Waals surface area contributed by atoms with Crippen LogP contribution in [0.1, 0.15) is 33.2 Å². The Morgan fingerprint density at radius 2 is 1.69 bits per heavy atom. The van der Waals surface area contributed by atoms with Crippen molar-refractivity contribution in [3.05, 3.63) is 63.6 Å². The molecule has 2 aromatic heterocycles. The molecule has 3 heterocycles. The van der Waals surface area contributed by atoms with Crippen LogP contribution in [0.5, 0.6) is 0 Å². The van der Waals surface area contributed by atoms with E-state index in [1.807, 2.05) is 32.9 Å². The Labute approximate surface area is 195 Å². The molecule has 1 aliphatic rings. The van der Waals surface area contributed by atoms with Gasteiger partial charge in [0.15, 0.2) is 11.6 Å². The van der Waals surface area contributed by atoms with Crippen LogP contribution in [0.15, 0.2) is 52.1 Å². The average Bonchev–Trinajstić information content (AvgIpc) is 3.15. The topological polar surface area (TPSA) is 59.2 Å². The Morgan fingerprint density at radius 3 is 2.25 bits per heavy atom. The molecule has 7 nitrogen and oxygen atoms in total. The summed E-state index contributed by atoms with van der Waals surface area (Å²) in [6, 6.07) is 9.68. The highest BCUT2D eigenvalue weighted by Gasteiger charge is 2.22. The number of halogens is 2. The Hall–Kier alpha value is -2.68. The number of pyridine rings is 1. The maximum Gasteiger partial charge on any atom is 0.351 e. The van der Waals surface area contributed by atoms with Crippen molar-refractivity contribution in [3.63, 3.8) is 0 Å². The zero-order valence-electron chi connectivity index (χ0n) is 18.6. The Bertz CT molecular complexity index is 1120. The molecule has 1 aromatic carbocycles. The minimum absolute atomic E-state index is 0.0166. The highest BCUT2D eigenvalue weighted by atomic mass is 79.9. The van der Waals surface area contributed by atoms with E-state index >= 15 is 4.39 Å². The van der Waals surface area contributed by atoms with Crippen molar-refractivity contribution in [1.29, 1.82) is 0 Å². The van der Waals surface area contributed by atoms with E-state index in [-0.39, 0.29) is 23.5 Å². The molecule has 1 fully saturated rings. The van der Waals surface area contributed by atoms with Crippen LogP contribution >= 0.6 is 15.9 Å². The Morgan fingerprint density at radius 1 is 1.06 bits per heavy atom. The van der Waals surface area contributed by atoms with E-state index in [1.54, 1.807) is 6.20 Å². The molecule has 4 rings (SSSR count). The second-order valence-corrected chi connectivity index (χ2v) is 9.31. The maximum atomic E-state index is 15.0. The zero-order chi connectivity index (χ0) is 22.8. The van der Waals surface area contributed by atoms with Gasteiger partial charge in [-0.15, -0.1) is 0 Å². The molecule has 0 N–H and O–H groups in total. The van der Waals surface area contributed by atoms with Crippen LogP contribution in [-0.4, -0.2) is 45.5 Å². The maximum absolute atomic E-state index is 15.0. The van der Waals surface area contributed by atoms with Crippen molar-refractivity contribution in [3.8, 4) is 5.82 Å². The first-order valence-corrected chi connectivity index (χ1v) is 11.8. The lowest BCUT2D eigenvalue weighted by molar-refractivity contribution is 0.327.